The molecule has 0 atom stereocenters. The summed E-state index contributed by atoms with van der Waals surface area (Å²) >= 11 is 0. The van der Waals surface area contributed by atoms with Crippen molar-refractivity contribution in [3.05, 3.63) is 65.5 Å². The SMILES string of the molecule is N#Cc1ccccc1NC(=O)CC(=O)NCCc1ccccc1F. The van der Waals surface area contributed by atoms with Gasteiger partial charge in [0, 0.05) is 6.54 Å². The minimum Gasteiger partial charge on any atom is -0.355 e. The zero-order chi connectivity index (χ0) is 17.4. The van der Waals surface area contributed by atoms with Crippen LogP contribution in [0.3, 0.4) is 0 Å². The van der Waals surface area contributed by atoms with Crippen LogP contribution in [0.4, 0.5) is 10.1 Å². The van der Waals surface area contributed by atoms with E-state index in [2.05, 4.69) is 10.6 Å². The van der Waals surface area contributed by atoms with Crippen LogP contribution in [0.15, 0.2) is 48.5 Å². The van der Waals surface area contributed by atoms with Gasteiger partial charge in [0.05, 0.1) is 11.3 Å². The molecule has 2 amide bonds. The van der Waals surface area contributed by atoms with E-state index in [1.807, 2.05) is 6.07 Å². The molecule has 0 radical (unpaired) electrons. The van der Waals surface area contributed by atoms with Crippen LogP contribution >= 0.6 is 0 Å². The lowest BCUT2D eigenvalue weighted by Crippen LogP contribution is -2.30. The molecule has 0 saturated heterocycles. The van der Waals surface area contributed by atoms with E-state index >= 15 is 0 Å². The van der Waals surface area contributed by atoms with Gasteiger partial charge < -0.3 is 10.6 Å². The molecule has 2 aromatic rings. The number of halogens is 1. The van der Waals surface area contributed by atoms with Gasteiger partial charge in [0.1, 0.15) is 18.3 Å². The third-order valence-corrected chi connectivity index (χ3v) is 3.32. The Balaban J connectivity index is 1.79. The number of nitrogens with zero attached hydrogens (tertiary/aromatic N) is 1. The number of anilines is 1. The lowest BCUT2D eigenvalue weighted by atomic mass is 10.1. The van der Waals surface area contributed by atoms with Crippen molar-refractivity contribution in [2.45, 2.75) is 12.8 Å². The molecule has 0 aliphatic carbocycles. The van der Waals surface area contributed by atoms with E-state index in [4.69, 9.17) is 5.26 Å². The molecule has 2 rings (SSSR count). The number of hydrogen-bond donors (Lipinski definition) is 2. The van der Waals surface area contributed by atoms with E-state index in [9.17, 15) is 14.0 Å². The summed E-state index contributed by atoms with van der Waals surface area (Å²) in [6, 6.07) is 14.8. The minimum atomic E-state index is -0.513. The van der Waals surface area contributed by atoms with Gasteiger partial charge in [-0.15, -0.1) is 0 Å². The molecule has 2 aromatic carbocycles. The van der Waals surface area contributed by atoms with Crippen LogP contribution in [0.1, 0.15) is 17.5 Å². The van der Waals surface area contributed by atoms with Gasteiger partial charge in [-0.05, 0) is 30.2 Å². The molecule has 0 aliphatic rings. The first kappa shape index (κ1) is 17.2. The molecule has 0 bridgehead atoms. The van der Waals surface area contributed by atoms with Crippen LogP contribution in [-0.4, -0.2) is 18.4 Å². The second-order valence-corrected chi connectivity index (χ2v) is 5.07. The molecule has 6 heteroatoms. The number of para-hydroxylation sites is 1. The third kappa shape index (κ3) is 4.92. The summed E-state index contributed by atoms with van der Waals surface area (Å²) in [5, 5.41) is 14.0. The number of amides is 2. The molecule has 122 valence electrons. The molecule has 0 fully saturated rings. The van der Waals surface area contributed by atoms with Gasteiger partial charge in [-0.25, -0.2) is 4.39 Å². The molecular formula is C18H16FN3O2. The van der Waals surface area contributed by atoms with Crippen LogP contribution in [-0.2, 0) is 16.0 Å². The van der Waals surface area contributed by atoms with Crippen molar-refractivity contribution >= 4 is 17.5 Å². The first-order valence-corrected chi connectivity index (χ1v) is 7.39. The predicted molar refractivity (Wildman–Crippen MR) is 87.5 cm³/mol. The Morgan fingerprint density at radius 1 is 1.04 bits per heavy atom. The first-order valence-electron chi connectivity index (χ1n) is 7.39. The standard InChI is InChI=1S/C18H16FN3O2/c19-15-7-3-1-5-13(15)9-10-21-17(23)11-18(24)22-16-8-4-2-6-14(16)12-20/h1-8H,9-11H2,(H,21,23)(H,22,24). The van der Waals surface area contributed by atoms with Crippen molar-refractivity contribution in [2.75, 3.05) is 11.9 Å². The van der Waals surface area contributed by atoms with E-state index in [1.54, 1.807) is 42.5 Å². The summed E-state index contributed by atoms with van der Waals surface area (Å²) in [6.07, 6.45) is -0.0195. The fraction of sp³-hybridized carbons (Fsp3) is 0.167. The van der Waals surface area contributed by atoms with Crippen LogP contribution in [0, 0.1) is 17.1 Å². The van der Waals surface area contributed by atoms with Gasteiger partial charge in [-0.1, -0.05) is 30.3 Å². The maximum absolute atomic E-state index is 13.4. The second kappa shape index (κ2) is 8.44. The Kier molecular flexibility index (Phi) is 6.03. The largest absolute Gasteiger partial charge is 0.355 e. The van der Waals surface area contributed by atoms with Crippen molar-refractivity contribution in [3.8, 4) is 6.07 Å². The van der Waals surface area contributed by atoms with Crippen molar-refractivity contribution < 1.29 is 14.0 Å². The topological polar surface area (TPSA) is 82.0 Å². The molecule has 5 nitrogen and oxygen atoms in total. The maximum Gasteiger partial charge on any atom is 0.233 e. The zero-order valence-electron chi connectivity index (χ0n) is 12.9. The molecule has 0 spiro atoms. The quantitative estimate of drug-likeness (QED) is 0.800. The van der Waals surface area contributed by atoms with Gasteiger partial charge in [-0.3, -0.25) is 9.59 Å². The highest BCUT2D eigenvalue weighted by molar-refractivity contribution is 6.04. The molecule has 24 heavy (non-hydrogen) atoms. The van der Waals surface area contributed by atoms with E-state index in [0.29, 0.717) is 23.2 Å². The Labute approximate surface area is 139 Å². The Bertz CT molecular complexity index is 784. The Morgan fingerprint density at radius 3 is 2.50 bits per heavy atom. The van der Waals surface area contributed by atoms with E-state index in [0.717, 1.165) is 0 Å². The van der Waals surface area contributed by atoms with Crippen molar-refractivity contribution in [2.24, 2.45) is 0 Å². The Morgan fingerprint density at radius 2 is 1.75 bits per heavy atom. The molecule has 2 N–H and O–H groups in total. The lowest BCUT2D eigenvalue weighted by Gasteiger charge is -2.08. The van der Waals surface area contributed by atoms with Gasteiger partial charge in [-0.2, -0.15) is 5.26 Å². The van der Waals surface area contributed by atoms with Crippen molar-refractivity contribution in [1.29, 1.82) is 5.26 Å². The van der Waals surface area contributed by atoms with Crippen LogP contribution < -0.4 is 10.6 Å². The third-order valence-electron chi connectivity index (χ3n) is 3.32. The monoisotopic (exact) mass is 325 g/mol. The van der Waals surface area contributed by atoms with E-state index < -0.39 is 11.8 Å². The maximum atomic E-state index is 13.4. The summed E-state index contributed by atoms with van der Waals surface area (Å²) in [4.78, 5) is 23.6. The number of benzene rings is 2. The summed E-state index contributed by atoms with van der Waals surface area (Å²) in [5.41, 5.74) is 1.19. The molecule has 0 aliphatic heterocycles. The van der Waals surface area contributed by atoms with Crippen LogP contribution in [0.2, 0.25) is 0 Å². The number of rotatable bonds is 6. The van der Waals surface area contributed by atoms with E-state index in [1.165, 1.54) is 6.07 Å². The fourth-order valence-corrected chi connectivity index (χ4v) is 2.13. The Hall–Kier alpha value is -3.20. The number of nitrogens with one attached hydrogen (secondary N) is 2. The van der Waals surface area contributed by atoms with Crippen LogP contribution in [0.25, 0.3) is 0 Å². The smallest absolute Gasteiger partial charge is 0.233 e. The predicted octanol–water partition coefficient (Wildman–Crippen LogP) is 2.38. The van der Waals surface area contributed by atoms with E-state index in [-0.39, 0.29) is 18.8 Å². The number of carbonyl (C=O) groups excluding carboxylic acids is 2. The number of hydrogen-bond acceptors (Lipinski definition) is 3. The highest BCUT2D eigenvalue weighted by Crippen LogP contribution is 2.13. The number of carbonyl (C=O) groups is 2. The summed E-state index contributed by atoms with van der Waals surface area (Å²) in [7, 11) is 0. The highest BCUT2D eigenvalue weighted by Gasteiger charge is 2.11. The first-order chi connectivity index (χ1) is 11.6. The summed E-state index contributed by atoms with van der Waals surface area (Å²) in [5.74, 6) is -1.29. The minimum absolute atomic E-state index is 0.238. The zero-order valence-corrected chi connectivity index (χ0v) is 12.9. The summed E-state index contributed by atoms with van der Waals surface area (Å²) in [6.45, 7) is 0.238. The molecule has 0 unspecified atom stereocenters. The average molecular weight is 325 g/mol. The molecular weight excluding hydrogens is 309 g/mol. The second-order valence-electron chi connectivity index (χ2n) is 5.07. The molecule has 0 saturated carbocycles. The summed E-state index contributed by atoms with van der Waals surface area (Å²) < 4.78 is 13.4. The molecule has 0 aromatic heterocycles. The van der Waals surface area contributed by atoms with Gasteiger partial charge in [0.15, 0.2) is 0 Å². The normalized spacial score (nSPS) is 9.83. The lowest BCUT2D eigenvalue weighted by molar-refractivity contribution is -0.126. The highest BCUT2D eigenvalue weighted by atomic mass is 19.1. The van der Waals surface area contributed by atoms with Gasteiger partial charge in [0.2, 0.25) is 11.8 Å². The number of nitriles is 1. The fourth-order valence-electron chi connectivity index (χ4n) is 2.13. The van der Waals surface area contributed by atoms with Gasteiger partial charge >= 0.3 is 0 Å². The van der Waals surface area contributed by atoms with Gasteiger partial charge in [0.25, 0.3) is 0 Å². The van der Waals surface area contributed by atoms with Crippen molar-refractivity contribution in [1.82, 2.24) is 5.32 Å². The molecule has 0 heterocycles. The average Bonchev–Trinajstić information content (AvgIpc) is 2.57. The van der Waals surface area contributed by atoms with Crippen LogP contribution in [0.5, 0.6) is 0 Å². The van der Waals surface area contributed by atoms with Crippen molar-refractivity contribution in [3.63, 3.8) is 0 Å².